The van der Waals surface area contributed by atoms with Crippen molar-refractivity contribution in [2.75, 3.05) is 7.11 Å². The molecule has 0 spiro atoms. The molecule has 0 fully saturated rings. The third-order valence-corrected chi connectivity index (χ3v) is 3.96. The predicted molar refractivity (Wildman–Crippen MR) is 91.0 cm³/mol. The Balaban J connectivity index is 2.33. The Morgan fingerprint density at radius 2 is 1.83 bits per heavy atom. The highest BCUT2D eigenvalue weighted by Crippen LogP contribution is 2.23. The molecule has 0 aliphatic carbocycles. The summed E-state index contributed by atoms with van der Waals surface area (Å²) in [5.41, 5.74) is 0.542. The minimum Gasteiger partial charge on any atom is -0.497 e. The lowest BCUT2D eigenvalue weighted by molar-refractivity contribution is 0.415. The Hall–Kier alpha value is -3.27. The molecule has 0 aliphatic heterocycles. The quantitative estimate of drug-likeness (QED) is 0.666. The van der Waals surface area contributed by atoms with E-state index in [-0.39, 0.29) is 6.54 Å². The van der Waals surface area contributed by atoms with E-state index >= 15 is 0 Å². The van der Waals surface area contributed by atoms with Crippen molar-refractivity contribution in [3.05, 3.63) is 45.1 Å². The minimum atomic E-state index is -0.482. The van der Waals surface area contributed by atoms with Gasteiger partial charge in [0.25, 0.3) is 5.56 Å². The molecular formula is C17H16N4O3. The standard InChI is InChI=1S/C17H16N4O3/c1-5-10-21-16(22)13-15(20(3)17(21)23)18-14(19(13)2)11-6-8-12(24-4)9-7-11/h1,6-9H,10H2,2-4H3. The number of terminal acetylenes is 1. The van der Waals surface area contributed by atoms with Crippen molar-refractivity contribution in [1.29, 1.82) is 0 Å². The number of hydrogen-bond donors (Lipinski definition) is 0. The number of aromatic nitrogens is 4. The van der Waals surface area contributed by atoms with Crippen LogP contribution in [0.2, 0.25) is 0 Å². The number of nitrogens with zero attached hydrogens (tertiary/aromatic N) is 4. The first-order valence-corrected chi connectivity index (χ1v) is 7.23. The summed E-state index contributed by atoms with van der Waals surface area (Å²) in [6, 6.07) is 7.31. The number of imidazole rings is 1. The maximum absolute atomic E-state index is 12.6. The van der Waals surface area contributed by atoms with Crippen molar-refractivity contribution in [3.63, 3.8) is 0 Å². The number of ether oxygens (including phenoxy) is 1. The van der Waals surface area contributed by atoms with E-state index in [0.29, 0.717) is 17.0 Å². The Labute approximate surface area is 137 Å². The largest absolute Gasteiger partial charge is 0.497 e. The molecule has 122 valence electrons. The second-order valence-electron chi connectivity index (χ2n) is 5.33. The molecule has 7 nitrogen and oxygen atoms in total. The predicted octanol–water partition coefficient (Wildman–Crippen LogP) is 0.742. The molecule has 2 aromatic heterocycles. The van der Waals surface area contributed by atoms with Crippen LogP contribution in [0.5, 0.6) is 5.75 Å². The van der Waals surface area contributed by atoms with E-state index < -0.39 is 11.2 Å². The third-order valence-electron chi connectivity index (χ3n) is 3.96. The van der Waals surface area contributed by atoms with Crippen LogP contribution in [0.1, 0.15) is 0 Å². The fourth-order valence-electron chi connectivity index (χ4n) is 2.67. The highest BCUT2D eigenvalue weighted by molar-refractivity contribution is 5.77. The second-order valence-corrected chi connectivity index (χ2v) is 5.33. The Bertz CT molecular complexity index is 1080. The molecule has 0 saturated heterocycles. The molecule has 2 heterocycles. The minimum absolute atomic E-state index is 0.0789. The van der Waals surface area contributed by atoms with Crippen LogP contribution < -0.4 is 16.0 Å². The van der Waals surface area contributed by atoms with Gasteiger partial charge in [0.1, 0.15) is 11.6 Å². The zero-order valence-electron chi connectivity index (χ0n) is 13.6. The van der Waals surface area contributed by atoms with Gasteiger partial charge in [0.2, 0.25) is 0 Å². The van der Waals surface area contributed by atoms with Crippen molar-refractivity contribution in [2.45, 2.75) is 6.54 Å². The molecule has 0 saturated carbocycles. The van der Waals surface area contributed by atoms with Gasteiger partial charge in [0.15, 0.2) is 11.2 Å². The second kappa shape index (κ2) is 5.74. The number of hydrogen-bond acceptors (Lipinski definition) is 4. The van der Waals surface area contributed by atoms with Crippen LogP contribution in [-0.4, -0.2) is 25.8 Å². The van der Waals surface area contributed by atoms with E-state index in [1.165, 1.54) is 4.57 Å². The zero-order valence-corrected chi connectivity index (χ0v) is 13.6. The van der Waals surface area contributed by atoms with Crippen molar-refractivity contribution < 1.29 is 4.74 Å². The van der Waals surface area contributed by atoms with E-state index in [1.807, 2.05) is 24.3 Å². The van der Waals surface area contributed by atoms with Crippen LogP contribution in [0.3, 0.4) is 0 Å². The molecule has 3 aromatic rings. The lowest BCUT2D eigenvalue weighted by atomic mass is 10.2. The van der Waals surface area contributed by atoms with Gasteiger partial charge in [-0.3, -0.25) is 9.36 Å². The maximum Gasteiger partial charge on any atom is 0.333 e. The molecule has 0 aliphatic rings. The molecule has 0 atom stereocenters. The molecule has 0 radical (unpaired) electrons. The SMILES string of the molecule is C#CCn1c(=O)c2c(nc(-c3ccc(OC)cc3)n2C)n(C)c1=O. The van der Waals surface area contributed by atoms with Crippen molar-refractivity contribution >= 4 is 11.2 Å². The lowest BCUT2D eigenvalue weighted by Gasteiger charge is -2.06. The van der Waals surface area contributed by atoms with E-state index in [4.69, 9.17) is 11.2 Å². The van der Waals surface area contributed by atoms with Crippen molar-refractivity contribution in [3.8, 4) is 29.5 Å². The molecule has 0 unspecified atom stereocenters. The van der Waals surface area contributed by atoms with Crippen LogP contribution in [0.15, 0.2) is 33.9 Å². The van der Waals surface area contributed by atoms with E-state index in [9.17, 15) is 9.59 Å². The topological polar surface area (TPSA) is 71.1 Å². The number of fused-ring (bicyclic) bond motifs is 1. The number of benzene rings is 1. The lowest BCUT2D eigenvalue weighted by Crippen LogP contribution is -2.39. The normalized spacial score (nSPS) is 10.8. The average molecular weight is 324 g/mol. The fraction of sp³-hybridized carbons (Fsp3) is 0.235. The molecule has 7 heteroatoms. The molecule has 0 N–H and O–H groups in total. The van der Waals surface area contributed by atoms with Crippen LogP contribution in [0.25, 0.3) is 22.6 Å². The summed E-state index contributed by atoms with van der Waals surface area (Å²) in [6.07, 6.45) is 5.26. The van der Waals surface area contributed by atoms with Gasteiger partial charge in [0, 0.05) is 19.7 Å². The highest BCUT2D eigenvalue weighted by atomic mass is 16.5. The summed E-state index contributed by atoms with van der Waals surface area (Å²) >= 11 is 0. The summed E-state index contributed by atoms with van der Waals surface area (Å²) in [7, 11) is 4.90. The Morgan fingerprint density at radius 3 is 2.42 bits per heavy atom. The summed E-state index contributed by atoms with van der Waals surface area (Å²) in [6.45, 7) is -0.0789. The van der Waals surface area contributed by atoms with Crippen LogP contribution in [-0.2, 0) is 20.6 Å². The molecule has 0 bridgehead atoms. The molecule has 24 heavy (non-hydrogen) atoms. The van der Waals surface area contributed by atoms with Crippen LogP contribution in [0, 0.1) is 12.3 Å². The van der Waals surface area contributed by atoms with Gasteiger partial charge in [-0.1, -0.05) is 5.92 Å². The molecule has 3 rings (SSSR count). The smallest absolute Gasteiger partial charge is 0.333 e. The van der Waals surface area contributed by atoms with E-state index in [0.717, 1.165) is 15.9 Å². The third kappa shape index (κ3) is 2.20. The van der Waals surface area contributed by atoms with E-state index in [2.05, 4.69) is 10.9 Å². The Kier molecular flexibility index (Phi) is 3.73. The number of rotatable bonds is 3. The monoisotopic (exact) mass is 324 g/mol. The summed E-state index contributed by atoms with van der Waals surface area (Å²) in [5, 5.41) is 0. The summed E-state index contributed by atoms with van der Waals surface area (Å²) in [5.74, 6) is 3.64. The first-order valence-electron chi connectivity index (χ1n) is 7.23. The average Bonchev–Trinajstić information content (AvgIpc) is 2.94. The fourth-order valence-corrected chi connectivity index (χ4v) is 2.67. The first-order chi connectivity index (χ1) is 11.5. The summed E-state index contributed by atoms with van der Waals surface area (Å²) in [4.78, 5) is 29.4. The molecule has 0 amide bonds. The molecular weight excluding hydrogens is 308 g/mol. The maximum atomic E-state index is 12.6. The molecule has 1 aromatic carbocycles. The first kappa shape index (κ1) is 15.6. The van der Waals surface area contributed by atoms with E-state index in [1.54, 1.807) is 25.8 Å². The summed E-state index contributed by atoms with van der Waals surface area (Å²) < 4.78 is 9.18. The number of aryl methyl sites for hydroxylation is 2. The van der Waals surface area contributed by atoms with Crippen molar-refractivity contribution in [2.24, 2.45) is 14.1 Å². The van der Waals surface area contributed by atoms with Gasteiger partial charge in [-0.25, -0.2) is 14.3 Å². The Morgan fingerprint density at radius 1 is 1.17 bits per heavy atom. The zero-order chi connectivity index (χ0) is 17.4. The van der Waals surface area contributed by atoms with Crippen molar-refractivity contribution in [1.82, 2.24) is 18.7 Å². The van der Waals surface area contributed by atoms with Gasteiger partial charge < -0.3 is 9.30 Å². The van der Waals surface area contributed by atoms with Gasteiger partial charge in [-0.05, 0) is 24.3 Å². The highest BCUT2D eigenvalue weighted by Gasteiger charge is 2.18. The van der Waals surface area contributed by atoms with Gasteiger partial charge >= 0.3 is 5.69 Å². The van der Waals surface area contributed by atoms with Crippen LogP contribution in [0.4, 0.5) is 0 Å². The number of methoxy groups -OCH3 is 1. The van der Waals surface area contributed by atoms with Gasteiger partial charge in [-0.15, -0.1) is 6.42 Å². The van der Waals surface area contributed by atoms with Crippen LogP contribution >= 0.6 is 0 Å². The van der Waals surface area contributed by atoms with Gasteiger partial charge in [0.05, 0.1) is 13.7 Å². The van der Waals surface area contributed by atoms with Gasteiger partial charge in [-0.2, -0.15) is 0 Å².